The number of ether oxygens (including phenoxy) is 2. The van der Waals surface area contributed by atoms with Crippen molar-refractivity contribution in [2.24, 2.45) is 0 Å². The number of hydrogen-bond acceptors (Lipinski definition) is 3. The monoisotopic (exact) mass is 226 g/mol. The van der Waals surface area contributed by atoms with Crippen LogP contribution in [-0.4, -0.2) is 22.5 Å². The van der Waals surface area contributed by atoms with Crippen molar-refractivity contribution in [1.82, 2.24) is 0 Å². The normalized spacial score (nSPS) is 11.0. The summed E-state index contributed by atoms with van der Waals surface area (Å²) in [5.41, 5.74) is 0. The highest BCUT2D eigenvalue weighted by Gasteiger charge is 2.17. The minimum absolute atomic E-state index is 0.702. The zero-order valence-corrected chi connectivity index (χ0v) is 11.0. The third-order valence-electron chi connectivity index (χ3n) is 1.78. The predicted octanol–water partition coefficient (Wildman–Crippen LogP) is 2.92. The lowest BCUT2D eigenvalue weighted by Crippen LogP contribution is -2.29. The fraction of sp³-hybridized carbons (Fsp3) is 0.455. The third kappa shape index (κ3) is 3.47. The van der Waals surface area contributed by atoms with Gasteiger partial charge in [0.25, 0.3) is 0 Å². The molecule has 0 unspecified atom stereocenters. The second-order valence-electron chi connectivity index (χ2n) is 4.23. The first-order valence-electron chi connectivity index (χ1n) is 4.87. The Balaban J connectivity index is 2.93. The SMILES string of the molecule is COc1ccc(O[Si](C)(C)C)cc1OC. The molecule has 0 aliphatic heterocycles. The van der Waals surface area contributed by atoms with E-state index < -0.39 is 8.32 Å². The van der Waals surface area contributed by atoms with Crippen molar-refractivity contribution in [3.8, 4) is 17.2 Å². The molecular weight excluding hydrogens is 208 g/mol. The van der Waals surface area contributed by atoms with E-state index in [0.29, 0.717) is 5.75 Å². The molecule has 0 heterocycles. The van der Waals surface area contributed by atoms with Crippen LogP contribution in [0.4, 0.5) is 0 Å². The minimum Gasteiger partial charge on any atom is -0.544 e. The maximum Gasteiger partial charge on any atom is 0.242 e. The highest BCUT2D eigenvalue weighted by Crippen LogP contribution is 2.31. The number of benzene rings is 1. The van der Waals surface area contributed by atoms with Gasteiger partial charge >= 0.3 is 0 Å². The molecule has 4 heteroatoms. The van der Waals surface area contributed by atoms with E-state index in [0.717, 1.165) is 11.5 Å². The average Bonchev–Trinajstić information content (AvgIpc) is 2.15. The highest BCUT2D eigenvalue weighted by atomic mass is 28.4. The van der Waals surface area contributed by atoms with Crippen LogP contribution in [0.25, 0.3) is 0 Å². The van der Waals surface area contributed by atoms with Crippen molar-refractivity contribution in [2.45, 2.75) is 19.6 Å². The Kier molecular flexibility index (Phi) is 3.63. The lowest BCUT2D eigenvalue weighted by atomic mass is 10.3. The smallest absolute Gasteiger partial charge is 0.242 e. The van der Waals surface area contributed by atoms with Crippen LogP contribution in [0.5, 0.6) is 17.2 Å². The molecule has 1 aromatic rings. The molecule has 1 rings (SSSR count). The van der Waals surface area contributed by atoms with Gasteiger partial charge in [-0.15, -0.1) is 0 Å². The topological polar surface area (TPSA) is 27.7 Å². The van der Waals surface area contributed by atoms with Gasteiger partial charge in [-0.2, -0.15) is 0 Å². The summed E-state index contributed by atoms with van der Waals surface area (Å²) in [4.78, 5) is 0. The van der Waals surface area contributed by atoms with Gasteiger partial charge in [0, 0.05) is 6.07 Å². The van der Waals surface area contributed by atoms with E-state index in [2.05, 4.69) is 19.6 Å². The maximum atomic E-state index is 5.85. The molecule has 0 fully saturated rings. The maximum absolute atomic E-state index is 5.85. The van der Waals surface area contributed by atoms with Gasteiger partial charge in [0.1, 0.15) is 5.75 Å². The first-order chi connectivity index (χ1) is 6.96. The van der Waals surface area contributed by atoms with Gasteiger partial charge in [-0.25, -0.2) is 0 Å². The lowest BCUT2D eigenvalue weighted by Gasteiger charge is -2.20. The summed E-state index contributed by atoms with van der Waals surface area (Å²) in [5.74, 6) is 2.26. The van der Waals surface area contributed by atoms with Gasteiger partial charge in [0.05, 0.1) is 14.2 Å². The van der Waals surface area contributed by atoms with Gasteiger partial charge in [0.2, 0.25) is 8.32 Å². The van der Waals surface area contributed by atoms with Crippen molar-refractivity contribution in [1.29, 1.82) is 0 Å². The third-order valence-corrected chi connectivity index (χ3v) is 2.63. The minimum atomic E-state index is -1.56. The molecule has 0 atom stereocenters. The summed E-state index contributed by atoms with van der Waals surface area (Å²) in [6, 6.07) is 5.62. The van der Waals surface area contributed by atoms with Crippen LogP contribution < -0.4 is 13.9 Å². The van der Waals surface area contributed by atoms with Crippen LogP contribution in [0.1, 0.15) is 0 Å². The molecule has 0 aliphatic carbocycles. The molecule has 1 aromatic carbocycles. The van der Waals surface area contributed by atoms with Gasteiger partial charge in [-0.3, -0.25) is 0 Å². The Hall–Kier alpha value is -1.16. The Morgan fingerprint density at radius 1 is 0.933 bits per heavy atom. The molecule has 0 bridgehead atoms. The highest BCUT2D eigenvalue weighted by molar-refractivity contribution is 6.70. The average molecular weight is 226 g/mol. The first-order valence-corrected chi connectivity index (χ1v) is 8.28. The second kappa shape index (κ2) is 4.57. The van der Waals surface area contributed by atoms with Crippen LogP contribution in [0.3, 0.4) is 0 Å². The van der Waals surface area contributed by atoms with E-state index in [1.165, 1.54) is 0 Å². The molecule has 0 radical (unpaired) electrons. The molecule has 0 amide bonds. The van der Waals surface area contributed by atoms with Crippen molar-refractivity contribution >= 4 is 8.32 Å². The van der Waals surface area contributed by atoms with Crippen molar-refractivity contribution < 1.29 is 13.9 Å². The van der Waals surface area contributed by atoms with Crippen molar-refractivity contribution in [3.63, 3.8) is 0 Å². The predicted molar refractivity (Wildman–Crippen MR) is 63.5 cm³/mol. The first kappa shape index (κ1) is 11.9. The van der Waals surface area contributed by atoms with E-state index in [9.17, 15) is 0 Å². The van der Waals surface area contributed by atoms with E-state index in [1.807, 2.05) is 18.2 Å². The van der Waals surface area contributed by atoms with Crippen molar-refractivity contribution in [2.75, 3.05) is 14.2 Å². The van der Waals surface area contributed by atoms with E-state index in [1.54, 1.807) is 14.2 Å². The van der Waals surface area contributed by atoms with Crippen LogP contribution in [-0.2, 0) is 0 Å². The zero-order valence-electron chi connectivity index (χ0n) is 9.96. The van der Waals surface area contributed by atoms with Gasteiger partial charge in [-0.05, 0) is 31.8 Å². The Labute approximate surface area is 92.1 Å². The summed E-state index contributed by atoms with van der Waals surface area (Å²) in [6.45, 7) is 6.43. The summed E-state index contributed by atoms with van der Waals surface area (Å²) >= 11 is 0. The Bertz CT molecular complexity index is 331. The Morgan fingerprint density at radius 2 is 1.53 bits per heavy atom. The van der Waals surface area contributed by atoms with Crippen molar-refractivity contribution in [3.05, 3.63) is 18.2 Å². The van der Waals surface area contributed by atoms with Crippen LogP contribution in [0.15, 0.2) is 18.2 Å². The van der Waals surface area contributed by atoms with Gasteiger partial charge in [0.15, 0.2) is 11.5 Å². The quantitative estimate of drug-likeness (QED) is 0.739. The standard InChI is InChI=1S/C11H18O3Si/c1-12-10-7-6-9(8-11(10)13-2)14-15(3,4)5/h6-8H,1-5H3. The zero-order chi connectivity index (χ0) is 11.5. The molecule has 0 spiro atoms. The Morgan fingerprint density at radius 3 is 2.00 bits per heavy atom. The fourth-order valence-electron chi connectivity index (χ4n) is 1.23. The molecule has 15 heavy (non-hydrogen) atoms. The summed E-state index contributed by atoms with van der Waals surface area (Å²) in [5, 5.41) is 0. The number of hydrogen-bond donors (Lipinski definition) is 0. The summed E-state index contributed by atoms with van der Waals surface area (Å²) in [7, 11) is 1.69. The molecule has 0 saturated heterocycles. The largest absolute Gasteiger partial charge is 0.544 e. The van der Waals surface area contributed by atoms with E-state index >= 15 is 0 Å². The molecule has 3 nitrogen and oxygen atoms in total. The molecule has 0 saturated carbocycles. The van der Waals surface area contributed by atoms with E-state index in [4.69, 9.17) is 13.9 Å². The van der Waals surface area contributed by atoms with Crippen LogP contribution >= 0.6 is 0 Å². The lowest BCUT2D eigenvalue weighted by molar-refractivity contribution is 0.353. The molecule has 0 aromatic heterocycles. The molecule has 0 N–H and O–H groups in total. The molecular formula is C11H18O3Si. The summed E-state index contributed by atoms with van der Waals surface area (Å²) < 4.78 is 16.2. The van der Waals surface area contributed by atoms with Gasteiger partial charge < -0.3 is 13.9 Å². The summed E-state index contributed by atoms with van der Waals surface area (Å²) in [6.07, 6.45) is 0. The second-order valence-corrected chi connectivity index (χ2v) is 8.66. The molecule has 0 aliphatic rings. The van der Waals surface area contributed by atoms with Gasteiger partial charge in [-0.1, -0.05) is 0 Å². The fourth-order valence-corrected chi connectivity index (χ4v) is 2.07. The van der Waals surface area contributed by atoms with Crippen LogP contribution in [0, 0.1) is 0 Å². The number of rotatable bonds is 4. The number of methoxy groups -OCH3 is 2. The molecule has 84 valence electrons. The van der Waals surface area contributed by atoms with E-state index in [-0.39, 0.29) is 0 Å². The van der Waals surface area contributed by atoms with Crippen LogP contribution in [0.2, 0.25) is 19.6 Å².